The predicted octanol–water partition coefficient (Wildman–Crippen LogP) is 0.625. The van der Waals surface area contributed by atoms with Crippen LogP contribution < -0.4 is 11.3 Å². The predicted molar refractivity (Wildman–Crippen MR) is 64.8 cm³/mol. The number of nitrogens with zero attached hydrogens (tertiary/aromatic N) is 3. The number of hydrogen-bond donors (Lipinski definition) is 1. The summed E-state index contributed by atoms with van der Waals surface area (Å²) >= 11 is 0. The summed E-state index contributed by atoms with van der Waals surface area (Å²) < 4.78 is 3.40. The Morgan fingerprint density at radius 1 is 1.41 bits per heavy atom. The molecule has 0 bridgehead atoms. The van der Waals surface area contributed by atoms with Crippen molar-refractivity contribution in [3.05, 3.63) is 35.0 Å². The smallest absolute Gasteiger partial charge is 0.276 e. The van der Waals surface area contributed by atoms with Crippen LogP contribution in [0.25, 0.3) is 5.52 Å². The Bertz CT molecular complexity index is 594. The van der Waals surface area contributed by atoms with E-state index in [1.54, 1.807) is 21.3 Å². The minimum Gasteiger partial charge on any atom is -0.330 e. The molecular formula is C12H16N4O. The van der Waals surface area contributed by atoms with Gasteiger partial charge in [0.25, 0.3) is 5.56 Å². The number of aromatic nitrogens is 3. The Labute approximate surface area is 98.9 Å². The summed E-state index contributed by atoms with van der Waals surface area (Å²) in [7, 11) is 0. The van der Waals surface area contributed by atoms with Gasteiger partial charge < -0.3 is 10.3 Å². The van der Waals surface area contributed by atoms with Gasteiger partial charge in [-0.25, -0.2) is 4.52 Å². The fourth-order valence-corrected chi connectivity index (χ4v) is 2.42. The van der Waals surface area contributed by atoms with Crippen LogP contribution in [0.1, 0.15) is 19.3 Å². The number of nitrogens with two attached hydrogens (primary N) is 1. The molecule has 0 unspecified atom stereocenters. The zero-order valence-electron chi connectivity index (χ0n) is 9.67. The van der Waals surface area contributed by atoms with Crippen molar-refractivity contribution in [3.8, 4) is 0 Å². The summed E-state index contributed by atoms with van der Waals surface area (Å²) in [6.45, 7) is 1.48. The van der Waals surface area contributed by atoms with Crippen LogP contribution >= 0.6 is 0 Å². The molecule has 1 aliphatic carbocycles. The molecule has 2 aromatic rings. The molecule has 3 rings (SSSR count). The van der Waals surface area contributed by atoms with Crippen molar-refractivity contribution in [3.63, 3.8) is 0 Å². The Morgan fingerprint density at radius 2 is 2.24 bits per heavy atom. The lowest BCUT2D eigenvalue weighted by atomic mass is 10.0. The second-order valence-electron chi connectivity index (χ2n) is 4.93. The van der Waals surface area contributed by atoms with Crippen molar-refractivity contribution in [1.82, 2.24) is 14.2 Å². The Balaban J connectivity index is 1.95. The van der Waals surface area contributed by atoms with Crippen LogP contribution in [0, 0.1) is 5.41 Å². The van der Waals surface area contributed by atoms with E-state index in [-0.39, 0.29) is 11.0 Å². The van der Waals surface area contributed by atoms with Crippen LogP contribution in [0.5, 0.6) is 0 Å². The lowest BCUT2D eigenvalue weighted by Crippen LogP contribution is -2.26. The zero-order valence-corrected chi connectivity index (χ0v) is 9.67. The van der Waals surface area contributed by atoms with Crippen LogP contribution in [-0.4, -0.2) is 20.7 Å². The SMILES string of the molecule is NCCC1(Cn2ccn3nccc3c2=O)CC1. The van der Waals surface area contributed by atoms with E-state index in [4.69, 9.17) is 5.73 Å². The highest BCUT2D eigenvalue weighted by Crippen LogP contribution is 2.49. The van der Waals surface area contributed by atoms with Crippen molar-refractivity contribution in [2.75, 3.05) is 6.54 Å². The van der Waals surface area contributed by atoms with Crippen LogP contribution in [-0.2, 0) is 6.54 Å². The normalized spacial score (nSPS) is 17.5. The van der Waals surface area contributed by atoms with E-state index < -0.39 is 0 Å². The molecule has 5 nitrogen and oxygen atoms in total. The van der Waals surface area contributed by atoms with Gasteiger partial charge in [0.2, 0.25) is 0 Å². The Kier molecular flexibility index (Phi) is 2.29. The first-order chi connectivity index (χ1) is 8.24. The molecule has 2 heterocycles. The van der Waals surface area contributed by atoms with Gasteiger partial charge in [-0.3, -0.25) is 4.79 Å². The number of rotatable bonds is 4. The van der Waals surface area contributed by atoms with Crippen molar-refractivity contribution in [2.45, 2.75) is 25.8 Å². The highest BCUT2D eigenvalue weighted by molar-refractivity contribution is 5.42. The molecule has 1 aliphatic rings. The Hall–Kier alpha value is -1.62. The zero-order chi connectivity index (χ0) is 11.9. The van der Waals surface area contributed by atoms with Crippen LogP contribution in [0.4, 0.5) is 0 Å². The summed E-state index contributed by atoms with van der Waals surface area (Å²) in [6, 6.07) is 1.75. The van der Waals surface area contributed by atoms with Gasteiger partial charge in [0, 0.05) is 18.9 Å². The van der Waals surface area contributed by atoms with Crippen molar-refractivity contribution >= 4 is 5.52 Å². The average Bonchev–Trinajstić information content (AvgIpc) is 2.90. The fraction of sp³-hybridized carbons (Fsp3) is 0.500. The van der Waals surface area contributed by atoms with Gasteiger partial charge in [0.05, 0.1) is 6.20 Å². The third-order valence-electron chi connectivity index (χ3n) is 3.68. The lowest BCUT2D eigenvalue weighted by Gasteiger charge is -2.15. The van der Waals surface area contributed by atoms with Crippen LogP contribution in [0.2, 0.25) is 0 Å². The molecule has 1 saturated carbocycles. The first-order valence-electron chi connectivity index (χ1n) is 5.97. The van der Waals surface area contributed by atoms with Crippen molar-refractivity contribution in [1.29, 1.82) is 0 Å². The summed E-state index contributed by atoms with van der Waals surface area (Å²) in [5.41, 5.74) is 6.56. The van der Waals surface area contributed by atoms with Gasteiger partial charge in [-0.05, 0) is 37.3 Å². The van der Waals surface area contributed by atoms with Crippen molar-refractivity contribution in [2.24, 2.45) is 11.1 Å². The average molecular weight is 232 g/mol. The van der Waals surface area contributed by atoms with Gasteiger partial charge in [0.15, 0.2) is 0 Å². The Morgan fingerprint density at radius 3 is 2.94 bits per heavy atom. The maximum Gasteiger partial charge on any atom is 0.276 e. The van der Waals surface area contributed by atoms with Crippen molar-refractivity contribution < 1.29 is 0 Å². The minimum absolute atomic E-state index is 0.0355. The molecule has 17 heavy (non-hydrogen) atoms. The lowest BCUT2D eigenvalue weighted by molar-refractivity contribution is 0.391. The van der Waals surface area contributed by atoms with Gasteiger partial charge in [0.1, 0.15) is 5.52 Å². The molecule has 0 spiro atoms. The molecule has 5 heteroatoms. The molecule has 0 saturated heterocycles. The van der Waals surface area contributed by atoms with Gasteiger partial charge in [-0.2, -0.15) is 5.10 Å². The highest BCUT2D eigenvalue weighted by Gasteiger charge is 2.42. The van der Waals surface area contributed by atoms with E-state index >= 15 is 0 Å². The minimum atomic E-state index is 0.0355. The molecule has 0 amide bonds. The second kappa shape index (κ2) is 3.70. The number of hydrogen-bond acceptors (Lipinski definition) is 3. The highest BCUT2D eigenvalue weighted by atomic mass is 16.1. The van der Waals surface area contributed by atoms with E-state index in [0.717, 1.165) is 13.0 Å². The number of fused-ring (bicyclic) bond motifs is 1. The molecule has 0 aromatic carbocycles. The monoisotopic (exact) mass is 232 g/mol. The molecular weight excluding hydrogens is 216 g/mol. The first-order valence-corrected chi connectivity index (χ1v) is 5.97. The third-order valence-corrected chi connectivity index (χ3v) is 3.68. The summed E-state index contributed by atoms with van der Waals surface area (Å²) in [5, 5.41) is 4.05. The molecule has 2 N–H and O–H groups in total. The second-order valence-corrected chi connectivity index (χ2v) is 4.93. The van der Waals surface area contributed by atoms with Gasteiger partial charge >= 0.3 is 0 Å². The maximum absolute atomic E-state index is 12.2. The summed E-state index contributed by atoms with van der Waals surface area (Å²) in [6.07, 6.45) is 8.66. The molecule has 0 atom stereocenters. The molecule has 0 aliphatic heterocycles. The molecule has 90 valence electrons. The third kappa shape index (κ3) is 1.76. The summed E-state index contributed by atoms with van der Waals surface area (Å²) in [5.74, 6) is 0. The van der Waals surface area contributed by atoms with E-state index in [2.05, 4.69) is 5.10 Å². The maximum atomic E-state index is 12.2. The fourth-order valence-electron chi connectivity index (χ4n) is 2.42. The van der Waals surface area contributed by atoms with Gasteiger partial charge in [-0.15, -0.1) is 0 Å². The first kappa shape index (κ1) is 10.5. The van der Waals surface area contributed by atoms with E-state index in [1.807, 2.05) is 12.4 Å². The van der Waals surface area contributed by atoms with E-state index in [1.165, 1.54) is 12.8 Å². The quantitative estimate of drug-likeness (QED) is 0.840. The van der Waals surface area contributed by atoms with Crippen LogP contribution in [0.3, 0.4) is 0 Å². The van der Waals surface area contributed by atoms with E-state index in [0.29, 0.717) is 12.1 Å². The van der Waals surface area contributed by atoms with Gasteiger partial charge in [-0.1, -0.05) is 0 Å². The molecule has 1 fully saturated rings. The van der Waals surface area contributed by atoms with Crippen LogP contribution in [0.15, 0.2) is 29.5 Å². The molecule has 0 radical (unpaired) electrons. The largest absolute Gasteiger partial charge is 0.330 e. The van der Waals surface area contributed by atoms with E-state index in [9.17, 15) is 4.79 Å². The topological polar surface area (TPSA) is 65.3 Å². The standard InChI is InChI=1S/C12H16N4O/c13-5-4-12(2-3-12)9-15-7-8-16-10(11(15)17)1-6-14-16/h1,6-8H,2-5,9,13H2. The molecule has 2 aromatic heterocycles. The summed E-state index contributed by atoms with van der Waals surface area (Å²) in [4.78, 5) is 12.2.